The van der Waals surface area contributed by atoms with E-state index in [9.17, 15) is 4.79 Å². The normalized spacial score (nSPS) is 10.2. The van der Waals surface area contributed by atoms with E-state index in [4.69, 9.17) is 9.47 Å². The van der Waals surface area contributed by atoms with Crippen LogP contribution in [0.2, 0.25) is 0 Å². The molecule has 0 unspecified atom stereocenters. The molecular formula is C26H21N3O3. The van der Waals surface area contributed by atoms with E-state index < -0.39 is 0 Å². The Kier molecular flexibility index (Phi) is 6.53. The van der Waals surface area contributed by atoms with Gasteiger partial charge in [-0.2, -0.15) is 0 Å². The van der Waals surface area contributed by atoms with Gasteiger partial charge in [-0.15, -0.1) is 0 Å². The highest BCUT2D eigenvalue weighted by Gasteiger charge is 2.05. The van der Waals surface area contributed by atoms with Crippen LogP contribution in [0.5, 0.6) is 23.1 Å². The number of carbonyl (C=O) groups excluding carboxylic acids is 1. The molecule has 4 rings (SSSR count). The number of para-hydroxylation sites is 1. The van der Waals surface area contributed by atoms with E-state index in [-0.39, 0.29) is 5.78 Å². The minimum absolute atomic E-state index is 0.0277. The van der Waals surface area contributed by atoms with Crippen molar-refractivity contribution in [2.75, 3.05) is 5.32 Å². The summed E-state index contributed by atoms with van der Waals surface area (Å²) in [6, 6.07) is 26.1. The second-order valence-electron chi connectivity index (χ2n) is 6.90. The average Bonchev–Trinajstić information content (AvgIpc) is 2.81. The van der Waals surface area contributed by atoms with Crippen molar-refractivity contribution in [3.8, 4) is 23.1 Å². The highest BCUT2D eigenvalue weighted by molar-refractivity contribution is 5.91. The molecule has 0 aliphatic rings. The third-order valence-electron chi connectivity index (χ3n) is 4.47. The molecule has 6 nitrogen and oxygen atoms in total. The van der Waals surface area contributed by atoms with Gasteiger partial charge in [-0.25, -0.2) is 9.97 Å². The summed E-state index contributed by atoms with van der Waals surface area (Å²) in [5, 5.41) is 3.21. The quantitative estimate of drug-likeness (QED) is 0.328. The Labute approximate surface area is 186 Å². The van der Waals surface area contributed by atoms with Gasteiger partial charge >= 0.3 is 0 Å². The number of rotatable bonds is 9. The van der Waals surface area contributed by atoms with Crippen LogP contribution in [0, 0.1) is 0 Å². The van der Waals surface area contributed by atoms with Crippen LogP contribution in [0.3, 0.4) is 0 Å². The van der Waals surface area contributed by atoms with Crippen molar-refractivity contribution in [2.45, 2.75) is 6.42 Å². The van der Waals surface area contributed by atoms with Crippen LogP contribution in [0.15, 0.2) is 104 Å². The SMILES string of the molecule is C=CC(=O)Cc1cccc(Nc2cc(Oc3ccc(Oc4ccccc4)cc3)ncn2)c1. The number of allylic oxidation sites excluding steroid dienone is 1. The molecule has 1 N–H and O–H groups in total. The van der Waals surface area contributed by atoms with E-state index in [0.717, 1.165) is 17.0 Å². The molecule has 0 saturated heterocycles. The molecule has 0 spiro atoms. The molecule has 32 heavy (non-hydrogen) atoms. The Morgan fingerprint density at radius 2 is 1.56 bits per heavy atom. The molecular weight excluding hydrogens is 402 g/mol. The fourth-order valence-corrected chi connectivity index (χ4v) is 2.97. The van der Waals surface area contributed by atoms with Gasteiger partial charge < -0.3 is 14.8 Å². The highest BCUT2D eigenvalue weighted by atomic mass is 16.5. The van der Waals surface area contributed by atoms with Gasteiger partial charge in [0.15, 0.2) is 5.78 Å². The zero-order valence-corrected chi connectivity index (χ0v) is 17.3. The largest absolute Gasteiger partial charge is 0.457 e. The topological polar surface area (TPSA) is 73.3 Å². The molecule has 0 radical (unpaired) electrons. The van der Waals surface area contributed by atoms with Crippen molar-refractivity contribution in [1.29, 1.82) is 0 Å². The minimum Gasteiger partial charge on any atom is -0.457 e. The standard InChI is InChI=1S/C26H21N3O3/c1-2-21(30)16-19-7-6-8-20(15-19)29-25-17-26(28-18-27-25)32-24-13-11-23(12-14-24)31-22-9-4-3-5-10-22/h2-15,17-18H,1,16H2,(H,27,28,29). The number of benzene rings is 3. The first-order chi connectivity index (χ1) is 15.7. The van der Waals surface area contributed by atoms with Crippen molar-refractivity contribution in [1.82, 2.24) is 9.97 Å². The lowest BCUT2D eigenvalue weighted by molar-refractivity contribution is -0.114. The predicted molar refractivity (Wildman–Crippen MR) is 124 cm³/mol. The monoisotopic (exact) mass is 423 g/mol. The minimum atomic E-state index is -0.0277. The van der Waals surface area contributed by atoms with Crippen molar-refractivity contribution in [3.05, 3.63) is 109 Å². The Morgan fingerprint density at radius 1 is 0.844 bits per heavy atom. The fraction of sp³-hybridized carbons (Fsp3) is 0.0385. The van der Waals surface area contributed by atoms with Crippen molar-refractivity contribution < 1.29 is 14.3 Å². The van der Waals surface area contributed by atoms with E-state index in [1.54, 1.807) is 6.07 Å². The Balaban J connectivity index is 1.40. The fourth-order valence-electron chi connectivity index (χ4n) is 2.97. The van der Waals surface area contributed by atoms with Gasteiger partial charge in [0, 0.05) is 18.2 Å². The summed E-state index contributed by atoms with van der Waals surface area (Å²) in [4.78, 5) is 20.0. The number of hydrogen-bond acceptors (Lipinski definition) is 6. The number of ether oxygens (including phenoxy) is 2. The lowest BCUT2D eigenvalue weighted by atomic mass is 10.1. The maximum atomic E-state index is 11.6. The van der Waals surface area contributed by atoms with Crippen LogP contribution in [-0.2, 0) is 11.2 Å². The van der Waals surface area contributed by atoms with Crippen LogP contribution in [-0.4, -0.2) is 15.8 Å². The molecule has 158 valence electrons. The van der Waals surface area contributed by atoms with Crippen molar-refractivity contribution in [3.63, 3.8) is 0 Å². The zero-order valence-electron chi connectivity index (χ0n) is 17.3. The maximum absolute atomic E-state index is 11.6. The molecule has 0 bridgehead atoms. The summed E-state index contributed by atoms with van der Waals surface area (Å²) in [5.41, 5.74) is 1.70. The van der Waals surface area contributed by atoms with Crippen LogP contribution in [0.25, 0.3) is 0 Å². The van der Waals surface area contributed by atoms with Crippen LogP contribution in [0.4, 0.5) is 11.5 Å². The summed E-state index contributed by atoms with van der Waals surface area (Å²) in [6.45, 7) is 3.51. The van der Waals surface area contributed by atoms with Crippen LogP contribution in [0.1, 0.15) is 5.56 Å². The van der Waals surface area contributed by atoms with Gasteiger partial charge in [0.2, 0.25) is 5.88 Å². The summed E-state index contributed by atoms with van der Waals surface area (Å²) in [7, 11) is 0. The van der Waals surface area contributed by atoms with Crippen molar-refractivity contribution >= 4 is 17.3 Å². The van der Waals surface area contributed by atoms with Gasteiger partial charge in [-0.1, -0.05) is 36.9 Å². The first-order valence-corrected chi connectivity index (χ1v) is 10.0. The number of hydrogen-bond donors (Lipinski definition) is 1. The second-order valence-corrected chi connectivity index (χ2v) is 6.90. The third kappa shape index (κ3) is 5.79. The highest BCUT2D eigenvalue weighted by Crippen LogP contribution is 2.27. The zero-order chi connectivity index (χ0) is 22.2. The summed E-state index contributed by atoms with van der Waals surface area (Å²) < 4.78 is 11.6. The molecule has 0 saturated carbocycles. The second kappa shape index (κ2) is 10.0. The summed E-state index contributed by atoms with van der Waals surface area (Å²) >= 11 is 0. The summed E-state index contributed by atoms with van der Waals surface area (Å²) in [6.07, 6.45) is 3.06. The third-order valence-corrected chi connectivity index (χ3v) is 4.47. The molecule has 0 fully saturated rings. The van der Waals surface area contributed by atoms with Crippen molar-refractivity contribution in [2.24, 2.45) is 0 Å². The van der Waals surface area contributed by atoms with Crippen LogP contribution < -0.4 is 14.8 Å². The Bertz CT molecular complexity index is 1210. The number of nitrogens with one attached hydrogen (secondary N) is 1. The molecule has 3 aromatic carbocycles. The van der Waals surface area contributed by atoms with Gasteiger partial charge in [0.05, 0.1) is 0 Å². The first-order valence-electron chi connectivity index (χ1n) is 10.0. The lowest BCUT2D eigenvalue weighted by Gasteiger charge is -2.10. The smallest absolute Gasteiger partial charge is 0.224 e. The molecule has 0 amide bonds. The average molecular weight is 423 g/mol. The van der Waals surface area contributed by atoms with Gasteiger partial charge in [-0.3, -0.25) is 4.79 Å². The Hall–Kier alpha value is -4.45. The molecule has 1 aromatic heterocycles. The van der Waals surface area contributed by atoms with E-state index in [1.165, 1.54) is 12.4 Å². The van der Waals surface area contributed by atoms with E-state index in [2.05, 4.69) is 21.9 Å². The number of carbonyl (C=O) groups is 1. The van der Waals surface area contributed by atoms with Gasteiger partial charge in [-0.05, 0) is 60.2 Å². The predicted octanol–water partition coefficient (Wildman–Crippen LogP) is 6.10. The molecule has 0 atom stereocenters. The Morgan fingerprint density at radius 3 is 2.31 bits per heavy atom. The number of ketones is 1. The van der Waals surface area contributed by atoms with Crippen LogP contribution >= 0.6 is 0 Å². The molecule has 0 aliphatic carbocycles. The van der Waals surface area contributed by atoms with Gasteiger partial charge in [0.1, 0.15) is 29.4 Å². The van der Waals surface area contributed by atoms with E-state index >= 15 is 0 Å². The lowest BCUT2D eigenvalue weighted by Crippen LogP contribution is -2.00. The number of nitrogens with zero attached hydrogens (tertiary/aromatic N) is 2. The van der Waals surface area contributed by atoms with E-state index in [1.807, 2.05) is 78.9 Å². The first kappa shape index (κ1) is 20.8. The molecule has 6 heteroatoms. The summed E-state index contributed by atoms with van der Waals surface area (Å²) in [5.74, 6) is 3.05. The maximum Gasteiger partial charge on any atom is 0.224 e. The molecule has 1 heterocycles. The number of anilines is 2. The van der Waals surface area contributed by atoms with E-state index in [0.29, 0.717) is 29.6 Å². The number of aromatic nitrogens is 2. The molecule has 0 aliphatic heterocycles. The van der Waals surface area contributed by atoms with Gasteiger partial charge in [0.25, 0.3) is 0 Å². The molecule has 4 aromatic rings.